The number of hydrogen-bond donors (Lipinski definition) is 2. The minimum Gasteiger partial charge on any atom is -0.396 e. The number of anilines is 2. The SMILES string of the molecule is Cc1cnc(C(=O)Nc2cc(N)c(F)c(Cl)c2)cn1. The molecular weight excluding hydrogens is 271 g/mol. The van der Waals surface area contributed by atoms with E-state index < -0.39 is 11.7 Å². The van der Waals surface area contributed by atoms with Gasteiger partial charge in [-0.25, -0.2) is 9.37 Å². The summed E-state index contributed by atoms with van der Waals surface area (Å²) in [6, 6.07) is 2.55. The number of nitrogens with one attached hydrogen (secondary N) is 1. The molecule has 2 aromatic rings. The predicted molar refractivity (Wildman–Crippen MR) is 70.5 cm³/mol. The molecular formula is C12H10ClFN4O. The molecule has 0 unspecified atom stereocenters. The van der Waals surface area contributed by atoms with Gasteiger partial charge in [0.25, 0.3) is 5.91 Å². The summed E-state index contributed by atoms with van der Waals surface area (Å²) in [6.45, 7) is 1.76. The minimum absolute atomic E-state index is 0.141. The van der Waals surface area contributed by atoms with E-state index in [1.807, 2.05) is 0 Å². The number of nitrogen functional groups attached to an aromatic ring is 1. The van der Waals surface area contributed by atoms with Crippen LogP contribution in [-0.2, 0) is 0 Å². The van der Waals surface area contributed by atoms with Crippen molar-refractivity contribution in [2.75, 3.05) is 11.1 Å². The summed E-state index contributed by atoms with van der Waals surface area (Å²) in [4.78, 5) is 19.7. The van der Waals surface area contributed by atoms with Gasteiger partial charge in [0.05, 0.1) is 22.6 Å². The van der Waals surface area contributed by atoms with Crippen molar-refractivity contribution < 1.29 is 9.18 Å². The van der Waals surface area contributed by atoms with Gasteiger partial charge in [0.1, 0.15) is 5.69 Å². The van der Waals surface area contributed by atoms with Gasteiger partial charge in [-0.15, -0.1) is 0 Å². The van der Waals surface area contributed by atoms with Gasteiger partial charge in [-0.2, -0.15) is 0 Å². The van der Waals surface area contributed by atoms with Crippen LogP contribution < -0.4 is 11.1 Å². The maximum Gasteiger partial charge on any atom is 0.275 e. The van der Waals surface area contributed by atoms with Crippen LogP contribution in [0.5, 0.6) is 0 Å². The van der Waals surface area contributed by atoms with Crippen molar-refractivity contribution in [3.05, 3.63) is 46.8 Å². The van der Waals surface area contributed by atoms with Crippen LogP contribution in [0.15, 0.2) is 24.5 Å². The average molecular weight is 281 g/mol. The summed E-state index contributed by atoms with van der Waals surface area (Å²) in [5.41, 5.74) is 6.41. The molecule has 0 aliphatic heterocycles. The van der Waals surface area contributed by atoms with E-state index >= 15 is 0 Å². The normalized spacial score (nSPS) is 10.3. The molecule has 1 aromatic carbocycles. The van der Waals surface area contributed by atoms with E-state index in [9.17, 15) is 9.18 Å². The van der Waals surface area contributed by atoms with Crippen LogP contribution in [0.25, 0.3) is 0 Å². The highest BCUT2D eigenvalue weighted by molar-refractivity contribution is 6.31. The van der Waals surface area contributed by atoms with E-state index in [4.69, 9.17) is 17.3 Å². The van der Waals surface area contributed by atoms with Crippen LogP contribution in [0, 0.1) is 12.7 Å². The summed E-state index contributed by atoms with van der Waals surface area (Å²) in [5, 5.41) is 2.35. The van der Waals surface area contributed by atoms with Crippen LogP contribution >= 0.6 is 11.6 Å². The van der Waals surface area contributed by atoms with Crippen molar-refractivity contribution in [3.8, 4) is 0 Å². The number of aryl methyl sites for hydroxylation is 1. The highest BCUT2D eigenvalue weighted by atomic mass is 35.5. The van der Waals surface area contributed by atoms with Gasteiger partial charge in [0.2, 0.25) is 0 Å². The number of aromatic nitrogens is 2. The Bertz CT molecular complexity index is 607. The molecule has 1 aromatic heterocycles. The van der Waals surface area contributed by atoms with Crippen LogP contribution in [0.1, 0.15) is 16.2 Å². The third-order valence-corrected chi connectivity index (χ3v) is 2.60. The maximum atomic E-state index is 13.2. The second-order valence-electron chi connectivity index (χ2n) is 3.86. The molecule has 0 saturated carbocycles. The third kappa shape index (κ3) is 2.97. The molecule has 2 rings (SSSR count). The molecule has 0 radical (unpaired) electrons. The zero-order valence-electron chi connectivity index (χ0n) is 9.95. The molecule has 98 valence electrons. The molecule has 0 spiro atoms. The molecule has 1 amide bonds. The third-order valence-electron chi connectivity index (χ3n) is 2.33. The largest absolute Gasteiger partial charge is 0.396 e. The lowest BCUT2D eigenvalue weighted by atomic mass is 10.2. The van der Waals surface area contributed by atoms with Gasteiger partial charge in [0.15, 0.2) is 5.82 Å². The Hall–Kier alpha value is -2.21. The fraction of sp³-hybridized carbons (Fsp3) is 0.0833. The molecule has 3 N–H and O–H groups in total. The van der Waals surface area contributed by atoms with Gasteiger partial charge < -0.3 is 11.1 Å². The standard InChI is InChI=1S/C12H10ClFN4O/c1-6-4-17-10(5-16-6)12(19)18-7-2-8(13)11(14)9(15)3-7/h2-5H,15H2,1H3,(H,18,19). The number of nitrogens with two attached hydrogens (primary N) is 1. The van der Waals surface area contributed by atoms with E-state index in [0.717, 1.165) is 0 Å². The minimum atomic E-state index is -0.713. The first kappa shape index (κ1) is 13.2. The zero-order valence-corrected chi connectivity index (χ0v) is 10.7. The van der Waals surface area contributed by atoms with E-state index in [-0.39, 0.29) is 22.1 Å². The molecule has 0 bridgehead atoms. The summed E-state index contributed by atoms with van der Waals surface area (Å²) in [7, 11) is 0. The van der Waals surface area contributed by atoms with Crippen molar-refractivity contribution in [1.82, 2.24) is 9.97 Å². The molecule has 0 aliphatic carbocycles. The van der Waals surface area contributed by atoms with Crippen molar-refractivity contribution in [3.63, 3.8) is 0 Å². The van der Waals surface area contributed by atoms with Crippen LogP contribution in [0.3, 0.4) is 0 Å². The van der Waals surface area contributed by atoms with Crippen LogP contribution in [0.4, 0.5) is 15.8 Å². The average Bonchev–Trinajstić information content (AvgIpc) is 2.36. The Labute approximate surface area is 113 Å². The molecule has 0 fully saturated rings. The van der Waals surface area contributed by atoms with Crippen molar-refractivity contribution in [1.29, 1.82) is 0 Å². The lowest BCUT2D eigenvalue weighted by molar-refractivity contribution is 0.102. The summed E-state index contributed by atoms with van der Waals surface area (Å²) in [6.07, 6.45) is 2.82. The first-order valence-corrected chi connectivity index (χ1v) is 5.69. The first-order valence-electron chi connectivity index (χ1n) is 5.32. The number of amides is 1. The number of rotatable bonds is 2. The molecule has 0 aliphatic rings. The fourth-order valence-corrected chi connectivity index (χ4v) is 1.61. The molecule has 5 nitrogen and oxygen atoms in total. The van der Waals surface area contributed by atoms with E-state index in [2.05, 4.69) is 15.3 Å². The molecule has 0 saturated heterocycles. The van der Waals surface area contributed by atoms with Crippen molar-refractivity contribution in [2.24, 2.45) is 0 Å². The van der Waals surface area contributed by atoms with Gasteiger partial charge in [-0.1, -0.05) is 11.6 Å². The van der Waals surface area contributed by atoms with Crippen molar-refractivity contribution >= 4 is 28.9 Å². The van der Waals surface area contributed by atoms with E-state index in [1.165, 1.54) is 24.5 Å². The van der Waals surface area contributed by atoms with Gasteiger partial charge in [0, 0.05) is 11.9 Å². The number of carbonyl (C=O) groups is 1. The highest BCUT2D eigenvalue weighted by Crippen LogP contribution is 2.25. The monoisotopic (exact) mass is 280 g/mol. The summed E-state index contributed by atoms with van der Waals surface area (Å²) < 4.78 is 13.2. The Kier molecular flexibility index (Phi) is 3.62. The number of halogens is 2. The summed E-state index contributed by atoms with van der Waals surface area (Å²) >= 11 is 5.64. The predicted octanol–water partition coefficient (Wildman–Crippen LogP) is 2.41. The lowest BCUT2D eigenvalue weighted by Crippen LogP contribution is -2.14. The van der Waals surface area contributed by atoms with E-state index in [0.29, 0.717) is 5.69 Å². The number of nitrogens with zero attached hydrogens (tertiary/aromatic N) is 2. The smallest absolute Gasteiger partial charge is 0.275 e. The zero-order chi connectivity index (χ0) is 14.0. The van der Waals surface area contributed by atoms with E-state index in [1.54, 1.807) is 6.92 Å². The topological polar surface area (TPSA) is 80.9 Å². The Morgan fingerprint density at radius 2 is 2.11 bits per heavy atom. The number of hydrogen-bond acceptors (Lipinski definition) is 4. The lowest BCUT2D eigenvalue weighted by Gasteiger charge is -2.07. The molecule has 1 heterocycles. The molecule has 0 atom stereocenters. The second-order valence-corrected chi connectivity index (χ2v) is 4.27. The quantitative estimate of drug-likeness (QED) is 0.828. The van der Waals surface area contributed by atoms with Gasteiger partial charge >= 0.3 is 0 Å². The first-order chi connectivity index (χ1) is 8.97. The fourth-order valence-electron chi connectivity index (χ4n) is 1.39. The summed E-state index contributed by atoms with van der Waals surface area (Å²) in [5.74, 6) is -1.19. The number of carbonyl (C=O) groups excluding carboxylic acids is 1. The van der Waals surface area contributed by atoms with Crippen LogP contribution in [0.2, 0.25) is 5.02 Å². The number of benzene rings is 1. The Balaban J connectivity index is 2.22. The Morgan fingerprint density at radius 1 is 1.37 bits per heavy atom. The molecule has 19 heavy (non-hydrogen) atoms. The second kappa shape index (κ2) is 5.19. The molecule has 7 heteroatoms. The van der Waals surface area contributed by atoms with Crippen molar-refractivity contribution in [2.45, 2.75) is 6.92 Å². The highest BCUT2D eigenvalue weighted by Gasteiger charge is 2.11. The van der Waals surface area contributed by atoms with Crippen LogP contribution in [-0.4, -0.2) is 15.9 Å². The van der Waals surface area contributed by atoms with Gasteiger partial charge in [-0.3, -0.25) is 9.78 Å². The van der Waals surface area contributed by atoms with Gasteiger partial charge in [-0.05, 0) is 19.1 Å². The maximum absolute atomic E-state index is 13.2. The Morgan fingerprint density at radius 3 is 2.68 bits per heavy atom.